The topological polar surface area (TPSA) is 48.0 Å². The average Bonchev–Trinajstić information content (AvgIpc) is 2.84. The van der Waals surface area contributed by atoms with Crippen molar-refractivity contribution in [2.24, 2.45) is 5.41 Å². The van der Waals surface area contributed by atoms with E-state index in [0.717, 1.165) is 6.42 Å². The molecule has 26 heavy (non-hydrogen) atoms. The van der Waals surface area contributed by atoms with Gasteiger partial charge in [0.05, 0.1) is 6.54 Å². The fourth-order valence-corrected chi connectivity index (χ4v) is 4.84. The first-order valence-corrected chi connectivity index (χ1v) is 12.2. The lowest BCUT2D eigenvalue weighted by Gasteiger charge is -2.42. The van der Waals surface area contributed by atoms with Crippen LogP contribution >= 0.6 is 11.6 Å². The van der Waals surface area contributed by atoms with Gasteiger partial charge in [0.25, 0.3) is 0 Å². The summed E-state index contributed by atoms with van der Waals surface area (Å²) in [5, 5.41) is 0.612. The molecule has 0 aromatic heterocycles. The number of benzene rings is 1. The van der Waals surface area contributed by atoms with E-state index in [1.54, 1.807) is 17.0 Å². The summed E-state index contributed by atoms with van der Waals surface area (Å²) in [7, 11) is -1.36. The fraction of sp³-hybridized carbons (Fsp3) is 0.632. The number of carbonyl (C=O) groups excluding carboxylic acids is 1. The number of hydrogen-bond donors (Lipinski definition) is 0. The van der Waals surface area contributed by atoms with Gasteiger partial charge in [0, 0.05) is 5.02 Å². The number of halogens is 1. The Bertz CT molecular complexity index is 634. The van der Waals surface area contributed by atoms with Crippen molar-refractivity contribution in [2.75, 3.05) is 13.2 Å². The summed E-state index contributed by atoms with van der Waals surface area (Å²) < 4.78 is 17.6. The Hall–Kier alpha value is -1.24. The van der Waals surface area contributed by atoms with Gasteiger partial charge in [0.2, 0.25) is 0 Å². The molecule has 0 bridgehead atoms. The van der Waals surface area contributed by atoms with Crippen molar-refractivity contribution < 1.29 is 18.7 Å². The molecule has 0 N–H and O–H groups in total. The predicted molar refractivity (Wildman–Crippen MR) is 106 cm³/mol. The summed E-state index contributed by atoms with van der Waals surface area (Å²) in [5.41, 5.74) is -0.645. The molecule has 1 aliphatic rings. The summed E-state index contributed by atoms with van der Waals surface area (Å²) in [6, 6.07) is 7.19. The molecule has 1 aliphatic heterocycles. The first-order valence-electron chi connectivity index (χ1n) is 9.03. The number of rotatable bonds is 7. The molecular weight excluding hydrogens is 370 g/mol. The third kappa shape index (κ3) is 5.89. The Morgan fingerprint density at radius 1 is 1.31 bits per heavy atom. The summed E-state index contributed by atoms with van der Waals surface area (Å²) >= 11 is 5.97. The van der Waals surface area contributed by atoms with E-state index in [-0.39, 0.29) is 24.2 Å². The number of carbonyl (C=O) groups is 1. The minimum absolute atomic E-state index is 0.0215. The number of amides is 1. The highest BCUT2D eigenvalue weighted by atomic mass is 35.5. The highest BCUT2D eigenvalue weighted by Gasteiger charge is 2.46. The minimum Gasteiger partial charge on any atom is -0.490 e. The summed E-state index contributed by atoms with van der Waals surface area (Å²) in [6.07, 6.45) is 0.0617. The summed E-state index contributed by atoms with van der Waals surface area (Å²) in [4.78, 5) is 14.2. The van der Waals surface area contributed by atoms with E-state index in [1.165, 1.54) is 0 Å². The van der Waals surface area contributed by atoms with Crippen LogP contribution in [-0.2, 0) is 9.16 Å². The molecule has 1 aromatic rings. The second-order valence-electron chi connectivity index (χ2n) is 8.46. The quantitative estimate of drug-likeness (QED) is 0.624. The Morgan fingerprint density at radius 3 is 2.58 bits per heavy atom. The lowest BCUT2D eigenvalue weighted by atomic mass is 9.86. The number of nitrogens with zero attached hydrogens (tertiary/aromatic N) is 1. The van der Waals surface area contributed by atoms with Crippen molar-refractivity contribution in [3.63, 3.8) is 0 Å². The zero-order valence-corrected chi connectivity index (χ0v) is 18.5. The van der Waals surface area contributed by atoms with E-state index in [9.17, 15) is 4.79 Å². The molecular formula is C19H30ClNO4Si. The first-order chi connectivity index (χ1) is 12.0. The van der Waals surface area contributed by atoms with E-state index >= 15 is 0 Å². The van der Waals surface area contributed by atoms with Crippen LogP contribution in [0.25, 0.3) is 0 Å². The van der Waals surface area contributed by atoms with Gasteiger partial charge in [0.15, 0.2) is 15.1 Å². The van der Waals surface area contributed by atoms with Crippen LogP contribution in [-0.4, -0.2) is 45.0 Å². The van der Waals surface area contributed by atoms with Gasteiger partial charge in [0.1, 0.15) is 18.1 Å². The van der Waals surface area contributed by atoms with Crippen LogP contribution in [0.2, 0.25) is 18.1 Å². The molecule has 1 aromatic carbocycles. The number of hydrogen-bond acceptors (Lipinski definition) is 4. The molecule has 5 nitrogen and oxygen atoms in total. The Balaban J connectivity index is 2.05. The lowest BCUT2D eigenvalue weighted by molar-refractivity contribution is -0.0663. The normalized spacial score (nSPS) is 20.2. The van der Waals surface area contributed by atoms with Gasteiger partial charge in [-0.25, -0.2) is 4.79 Å². The van der Waals surface area contributed by atoms with E-state index < -0.39 is 14.8 Å². The molecule has 0 saturated carbocycles. The molecule has 1 fully saturated rings. The molecule has 2 rings (SSSR count). The van der Waals surface area contributed by atoms with Crippen LogP contribution in [0, 0.1) is 5.41 Å². The Labute approximate surface area is 163 Å². The van der Waals surface area contributed by atoms with Gasteiger partial charge in [-0.15, -0.1) is 0 Å². The Kier molecular flexibility index (Phi) is 6.63. The van der Waals surface area contributed by atoms with Crippen LogP contribution in [0.5, 0.6) is 5.75 Å². The molecule has 0 unspecified atom stereocenters. The second-order valence-corrected chi connectivity index (χ2v) is 11.2. The van der Waals surface area contributed by atoms with Gasteiger partial charge in [-0.3, -0.25) is 4.90 Å². The monoisotopic (exact) mass is 399 g/mol. The van der Waals surface area contributed by atoms with Crippen LogP contribution in [0.3, 0.4) is 0 Å². The highest BCUT2D eigenvalue weighted by molar-refractivity contribution is 6.48. The molecule has 1 amide bonds. The zero-order chi connectivity index (χ0) is 19.5. The molecule has 7 heteroatoms. The highest BCUT2D eigenvalue weighted by Crippen LogP contribution is 2.35. The standard InChI is InChI=1S/C19H30ClNO4Si/c1-18(2,3)13-19(4,25-26(5)6)21-11-16(24-17(21)22)12-23-15-9-7-8-14(20)10-15/h7-10,16,26H,11-13H2,1-6H3/t16-,19+/m1/s1. The molecule has 2 atom stereocenters. The molecule has 0 radical (unpaired) electrons. The van der Waals surface area contributed by atoms with Gasteiger partial charge >= 0.3 is 6.09 Å². The van der Waals surface area contributed by atoms with Gasteiger partial charge in [-0.05, 0) is 50.1 Å². The third-order valence-corrected chi connectivity index (χ3v) is 5.24. The SMILES string of the molecule is C[SiH](C)O[C@@](C)(CC(C)(C)C)N1C[C@H](COc2cccc(Cl)c2)OC1=O. The van der Waals surface area contributed by atoms with Crippen molar-refractivity contribution in [1.29, 1.82) is 0 Å². The lowest BCUT2D eigenvalue weighted by Crippen LogP contribution is -2.53. The molecule has 1 heterocycles. The predicted octanol–water partition coefficient (Wildman–Crippen LogP) is 4.69. The maximum Gasteiger partial charge on any atom is 0.412 e. The Morgan fingerprint density at radius 2 is 2.00 bits per heavy atom. The van der Waals surface area contributed by atoms with Crippen LogP contribution in [0.1, 0.15) is 34.1 Å². The van der Waals surface area contributed by atoms with Crippen molar-refractivity contribution >= 4 is 26.7 Å². The van der Waals surface area contributed by atoms with Gasteiger partial charge in [-0.1, -0.05) is 38.4 Å². The molecule has 1 saturated heterocycles. The van der Waals surface area contributed by atoms with Crippen LogP contribution < -0.4 is 4.74 Å². The first kappa shape index (κ1) is 21.1. The van der Waals surface area contributed by atoms with E-state index in [0.29, 0.717) is 17.3 Å². The van der Waals surface area contributed by atoms with Gasteiger partial charge < -0.3 is 13.9 Å². The third-order valence-electron chi connectivity index (χ3n) is 4.02. The van der Waals surface area contributed by atoms with Crippen molar-refractivity contribution in [3.05, 3.63) is 29.3 Å². The average molecular weight is 400 g/mol. The van der Waals surface area contributed by atoms with Crippen molar-refractivity contribution in [3.8, 4) is 5.75 Å². The summed E-state index contributed by atoms with van der Waals surface area (Å²) in [5.74, 6) is 0.662. The number of ether oxygens (including phenoxy) is 2. The van der Waals surface area contributed by atoms with Gasteiger partial charge in [-0.2, -0.15) is 0 Å². The zero-order valence-electron chi connectivity index (χ0n) is 16.5. The van der Waals surface area contributed by atoms with Crippen LogP contribution in [0.4, 0.5) is 4.79 Å². The maximum absolute atomic E-state index is 12.5. The minimum atomic E-state index is -1.36. The smallest absolute Gasteiger partial charge is 0.412 e. The molecule has 146 valence electrons. The van der Waals surface area contributed by atoms with Crippen molar-refractivity contribution in [1.82, 2.24) is 4.90 Å². The molecule has 0 spiro atoms. The van der Waals surface area contributed by atoms with E-state index in [2.05, 4.69) is 33.9 Å². The van der Waals surface area contributed by atoms with Crippen molar-refractivity contribution in [2.45, 2.75) is 59.0 Å². The summed E-state index contributed by atoms with van der Waals surface area (Å²) in [6.45, 7) is 13.4. The largest absolute Gasteiger partial charge is 0.490 e. The molecule has 0 aliphatic carbocycles. The maximum atomic E-state index is 12.5. The van der Waals surface area contributed by atoms with E-state index in [4.69, 9.17) is 25.5 Å². The van der Waals surface area contributed by atoms with Crippen LogP contribution in [0.15, 0.2) is 24.3 Å². The van der Waals surface area contributed by atoms with E-state index in [1.807, 2.05) is 19.1 Å². The second kappa shape index (κ2) is 8.19. The number of cyclic esters (lactones) is 1. The fourth-order valence-electron chi connectivity index (χ4n) is 3.43.